The Bertz CT molecular complexity index is 1160. The Kier molecular flexibility index (Phi) is 4.93. The van der Waals surface area contributed by atoms with Crippen molar-refractivity contribution in [3.05, 3.63) is 63.9 Å². The van der Waals surface area contributed by atoms with Gasteiger partial charge in [-0.3, -0.25) is 0 Å². The van der Waals surface area contributed by atoms with Gasteiger partial charge in [0.05, 0.1) is 11.3 Å². The second-order valence-electron chi connectivity index (χ2n) is 9.08. The smallest absolute Gasteiger partial charge is 0.371 e. The lowest BCUT2D eigenvalue weighted by Gasteiger charge is -2.45. The molecule has 0 fully saturated rings. The van der Waals surface area contributed by atoms with E-state index in [0.29, 0.717) is 11.0 Å². The molecule has 0 bridgehead atoms. The molecule has 0 saturated heterocycles. The summed E-state index contributed by atoms with van der Waals surface area (Å²) in [6, 6.07) is 10.1. The van der Waals surface area contributed by atoms with E-state index in [0.717, 1.165) is 17.7 Å². The Morgan fingerprint density at radius 3 is 2.32 bits per heavy atom. The molecule has 1 atom stereocenters. The molecule has 7 nitrogen and oxygen atoms in total. The number of aromatic nitrogens is 1. The van der Waals surface area contributed by atoms with Crippen LogP contribution in [-0.4, -0.2) is 27.1 Å². The second kappa shape index (κ2) is 7.23. The summed E-state index contributed by atoms with van der Waals surface area (Å²) in [4.78, 5) is 28.3. The summed E-state index contributed by atoms with van der Waals surface area (Å²) in [5.74, 6) is -1.69. The van der Waals surface area contributed by atoms with E-state index in [4.69, 9.17) is 14.5 Å². The largest absolute Gasteiger partial charge is 0.478 e. The minimum atomic E-state index is -1.12. The molecule has 1 unspecified atom stereocenters. The minimum absolute atomic E-state index is 0.130. The van der Waals surface area contributed by atoms with Gasteiger partial charge in [0, 0.05) is 21.8 Å². The molecule has 3 N–H and O–H groups in total. The first-order chi connectivity index (χ1) is 14.5. The average molecular weight is 441 g/mol. The maximum Gasteiger partial charge on any atom is 0.371 e. The predicted octanol–water partition coefficient (Wildman–Crippen LogP) is 5.62. The van der Waals surface area contributed by atoms with Gasteiger partial charge >= 0.3 is 11.9 Å². The van der Waals surface area contributed by atoms with Crippen LogP contribution in [0.3, 0.4) is 0 Å². The van der Waals surface area contributed by atoms with Crippen LogP contribution in [0.5, 0.6) is 0 Å². The molecule has 1 aromatic carbocycles. The van der Waals surface area contributed by atoms with Crippen LogP contribution in [-0.2, 0) is 10.8 Å². The van der Waals surface area contributed by atoms with E-state index < -0.39 is 11.9 Å². The molecule has 3 aromatic rings. The highest BCUT2D eigenvalue weighted by molar-refractivity contribution is 7.16. The molecule has 0 saturated carbocycles. The number of carboxylic acid groups (broad SMARTS) is 2. The Balaban J connectivity index is 1.69. The quantitative estimate of drug-likeness (QED) is 0.472. The summed E-state index contributed by atoms with van der Waals surface area (Å²) < 4.78 is 5.31. The first kappa shape index (κ1) is 21.1. The van der Waals surface area contributed by atoms with Crippen molar-refractivity contribution in [1.29, 1.82) is 0 Å². The lowest BCUT2D eigenvalue weighted by Crippen LogP contribution is -2.39. The molecule has 1 aliphatic carbocycles. The summed E-state index contributed by atoms with van der Waals surface area (Å²) in [6.07, 6.45) is 0.894. The van der Waals surface area contributed by atoms with Gasteiger partial charge in [-0.15, -0.1) is 11.3 Å². The van der Waals surface area contributed by atoms with Gasteiger partial charge in [-0.05, 0) is 36.1 Å². The molecule has 1 aliphatic rings. The van der Waals surface area contributed by atoms with E-state index in [1.807, 2.05) is 12.1 Å². The highest BCUT2D eigenvalue weighted by Crippen LogP contribution is 2.55. The van der Waals surface area contributed by atoms with Crippen LogP contribution >= 0.6 is 11.3 Å². The monoisotopic (exact) mass is 440 g/mol. The van der Waals surface area contributed by atoms with Gasteiger partial charge in [0.25, 0.3) is 0 Å². The van der Waals surface area contributed by atoms with Crippen molar-refractivity contribution < 1.29 is 24.2 Å². The zero-order valence-electron chi connectivity index (χ0n) is 17.7. The maximum atomic E-state index is 11.2. The standard InChI is InChI=1S/C23H24N2O5S/c1-22(2)11-14(12-5-7-13(8-6-12)19(26)27)23(3,4)17-18(22)31-21(25-17)24-16-10-9-15(30-16)20(28)29/h5-10,14H,11H2,1-4H3,(H,24,25)(H,26,27)(H,28,29). The number of furan rings is 1. The fourth-order valence-corrected chi connectivity index (χ4v) is 5.56. The summed E-state index contributed by atoms with van der Waals surface area (Å²) >= 11 is 1.55. The van der Waals surface area contributed by atoms with Gasteiger partial charge in [0.15, 0.2) is 11.0 Å². The minimum Gasteiger partial charge on any atom is -0.478 e. The molecule has 2 aromatic heterocycles. The number of nitrogens with zero attached hydrogens (tertiary/aromatic N) is 1. The predicted molar refractivity (Wildman–Crippen MR) is 118 cm³/mol. The molecule has 8 heteroatoms. The third-order valence-electron chi connectivity index (χ3n) is 6.04. The van der Waals surface area contributed by atoms with E-state index in [9.17, 15) is 14.7 Å². The fourth-order valence-electron chi connectivity index (χ4n) is 4.31. The molecule has 0 amide bonds. The van der Waals surface area contributed by atoms with Crippen LogP contribution in [0.25, 0.3) is 0 Å². The van der Waals surface area contributed by atoms with Gasteiger partial charge in [0.2, 0.25) is 5.76 Å². The number of carboxylic acids is 2. The number of fused-ring (bicyclic) bond motifs is 1. The van der Waals surface area contributed by atoms with Gasteiger partial charge < -0.3 is 19.9 Å². The summed E-state index contributed by atoms with van der Waals surface area (Å²) in [6.45, 7) is 8.71. The number of hydrogen-bond donors (Lipinski definition) is 3. The third-order valence-corrected chi connectivity index (χ3v) is 7.38. The number of thiazole rings is 1. The molecule has 0 spiro atoms. The Labute approximate surface area is 183 Å². The Morgan fingerprint density at radius 2 is 1.74 bits per heavy atom. The number of nitrogens with one attached hydrogen (secondary N) is 1. The van der Waals surface area contributed by atoms with Crippen molar-refractivity contribution in [3.63, 3.8) is 0 Å². The van der Waals surface area contributed by atoms with Crippen molar-refractivity contribution in [2.45, 2.75) is 50.9 Å². The summed E-state index contributed by atoms with van der Waals surface area (Å²) in [5, 5.41) is 22.0. The number of rotatable bonds is 5. The van der Waals surface area contributed by atoms with E-state index >= 15 is 0 Å². The third kappa shape index (κ3) is 3.72. The molecule has 0 radical (unpaired) electrons. The van der Waals surface area contributed by atoms with Crippen LogP contribution in [0.2, 0.25) is 0 Å². The number of hydrogen-bond acceptors (Lipinski definition) is 6. The first-order valence-corrected chi connectivity index (χ1v) is 10.8. The number of anilines is 2. The molecule has 0 aliphatic heterocycles. The zero-order valence-corrected chi connectivity index (χ0v) is 18.5. The van der Waals surface area contributed by atoms with Crippen LogP contribution in [0.15, 0.2) is 40.8 Å². The van der Waals surface area contributed by atoms with Crippen LogP contribution in [0.1, 0.15) is 77.1 Å². The molecular weight excluding hydrogens is 416 g/mol. The molecule has 162 valence electrons. The summed E-state index contributed by atoms with van der Waals surface area (Å²) in [5.41, 5.74) is 1.95. The Morgan fingerprint density at radius 1 is 1.06 bits per heavy atom. The number of carbonyl (C=O) groups is 2. The highest BCUT2D eigenvalue weighted by Gasteiger charge is 2.47. The van der Waals surface area contributed by atoms with E-state index in [1.54, 1.807) is 29.5 Å². The maximum absolute atomic E-state index is 11.2. The van der Waals surface area contributed by atoms with Crippen molar-refractivity contribution in [2.24, 2.45) is 0 Å². The van der Waals surface area contributed by atoms with Gasteiger partial charge in [0.1, 0.15) is 0 Å². The first-order valence-electron chi connectivity index (χ1n) is 9.94. The average Bonchev–Trinajstić information content (AvgIpc) is 3.34. The lowest BCUT2D eigenvalue weighted by molar-refractivity contribution is 0.0660. The Hall–Kier alpha value is -3.13. The molecular formula is C23H24N2O5S. The van der Waals surface area contributed by atoms with Crippen molar-refractivity contribution >= 4 is 34.3 Å². The van der Waals surface area contributed by atoms with E-state index in [-0.39, 0.29) is 28.1 Å². The zero-order chi connectivity index (χ0) is 22.6. The topological polar surface area (TPSA) is 113 Å². The number of benzene rings is 1. The SMILES string of the molecule is CC1(C)CC(c2ccc(C(=O)O)cc2)C(C)(C)c2nc(Nc3ccc(C(=O)O)o3)sc21. The van der Waals surface area contributed by atoms with Gasteiger partial charge in [-0.25, -0.2) is 14.6 Å². The van der Waals surface area contributed by atoms with E-state index in [1.165, 1.54) is 10.9 Å². The molecule has 4 rings (SSSR count). The van der Waals surface area contributed by atoms with Crippen LogP contribution in [0, 0.1) is 0 Å². The van der Waals surface area contributed by atoms with Gasteiger partial charge in [-0.1, -0.05) is 39.8 Å². The van der Waals surface area contributed by atoms with Crippen molar-refractivity contribution in [3.8, 4) is 0 Å². The molecule has 31 heavy (non-hydrogen) atoms. The van der Waals surface area contributed by atoms with Crippen molar-refractivity contribution in [1.82, 2.24) is 4.98 Å². The summed E-state index contributed by atoms with van der Waals surface area (Å²) in [7, 11) is 0. The van der Waals surface area contributed by atoms with Crippen molar-refractivity contribution in [2.75, 3.05) is 5.32 Å². The van der Waals surface area contributed by atoms with Gasteiger partial charge in [-0.2, -0.15) is 0 Å². The highest BCUT2D eigenvalue weighted by atomic mass is 32.1. The van der Waals surface area contributed by atoms with Crippen LogP contribution in [0.4, 0.5) is 11.0 Å². The number of aromatic carboxylic acids is 2. The lowest BCUT2D eigenvalue weighted by atomic mass is 9.60. The normalized spacial score (nSPS) is 18.9. The second-order valence-corrected chi connectivity index (χ2v) is 10.1. The van der Waals surface area contributed by atoms with E-state index in [2.05, 4.69) is 33.0 Å². The fraction of sp³-hybridized carbons (Fsp3) is 0.348. The molecule has 2 heterocycles. The van der Waals surface area contributed by atoms with Crippen LogP contribution < -0.4 is 5.32 Å².